The van der Waals surface area contributed by atoms with Gasteiger partial charge in [0.15, 0.2) is 0 Å². The summed E-state index contributed by atoms with van der Waals surface area (Å²) in [6.45, 7) is 0.988. The van der Waals surface area contributed by atoms with Crippen LogP contribution in [0.4, 0.5) is 0 Å². The highest BCUT2D eigenvalue weighted by Crippen LogP contribution is 2.23. The van der Waals surface area contributed by atoms with E-state index in [0.717, 1.165) is 18.4 Å². The van der Waals surface area contributed by atoms with Crippen molar-refractivity contribution in [1.82, 2.24) is 9.03 Å². The molecule has 1 saturated carbocycles. The van der Waals surface area contributed by atoms with Gasteiger partial charge in [-0.1, -0.05) is 24.3 Å². The van der Waals surface area contributed by atoms with Crippen LogP contribution in [-0.4, -0.2) is 31.4 Å². The number of nitrogens with zero attached hydrogens (tertiary/aromatic N) is 1. The molecule has 3 N–H and O–H groups in total. The second kappa shape index (κ2) is 4.31. The van der Waals surface area contributed by atoms with Crippen molar-refractivity contribution in [2.75, 3.05) is 6.54 Å². The van der Waals surface area contributed by atoms with Crippen LogP contribution >= 0.6 is 0 Å². The lowest BCUT2D eigenvalue weighted by molar-refractivity contribution is 0.383. The molecular weight excluding hydrogens is 250 g/mol. The molecule has 98 valence electrons. The Kier molecular flexibility index (Phi) is 2.90. The van der Waals surface area contributed by atoms with Crippen molar-refractivity contribution in [3.05, 3.63) is 35.4 Å². The van der Waals surface area contributed by atoms with Crippen LogP contribution in [-0.2, 0) is 23.2 Å². The van der Waals surface area contributed by atoms with Gasteiger partial charge in [0, 0.05) is 25.2 Å². The van der Waals surface area contributed by atoms with E-state index < -0.39 is 10.2 Å². The molecule has 0 bridgehead atoms. The summed E-state index contributed by atoms with van der Waals surface area (Å²) in [6.07, 6.45) is 1.51. The average Bonchev–Trinajstić information content (AvgIpc) is 3.03. The number of nitrogens with one attached hydrogen (secondary N) is 1. The lowest BCUT2D eigenvalue weighted by Gasteiger charge is -2.28. The van der Waals surface area contributed by atoms with Crippen molar-refractivity contribution in [2.45, 2.75) is 31.5 Å². The Morgan fingerprint density at radius 1 is 1.28 bits per heavy atom. The normalized spacial score (nSPS) is 27.8. The highest BCUT2D eigenvalue weighted by atomic mass is 32.2. The monoisotopic (exact) mass is 267 g/mol. The molecule has 0 radical (unpaired) electrons. The van der Waals surface area contributed by atoms with Crippen LogP contribution in [0.2, 0.25) is 0 Å². The second-order valence-corrected chi connectivity index (χ2v) is 6.68. The Bertz CT molecular complexity index is 558. The van der Waals surface area contributed by atoms with Gasteiger partial charge in [-0.2, -0.15) is 17.4 Å². The molecule has 2 atom stereocenters. The fraction of sp³-hybridized carbons (Fsp3) is 0.500. The first-order valence-corrected chi connectivity index (χ1v) is 7.60. The first kappa shape index (κ1) is 12.1. The van der Waals surface area contributed by atoms with Crippen LogP contribution in [0.5, 0.6) is 0 Å². The second-order valence-electron chi connectivity index (χ2n) is 4.98. The summed E-state index contributed by atoms with van der Waals surface area (Å²) in [5.74, 6) is 0. The number of hydrogen-bond donors (Lipinski definition) is 2. The third-order valence-corrected chi connectivity index (χ3v) is 5.17. The van der Waals surface area contributed by atoms with Gasteiger partial charge in [0.05, 0.1) is 0 Å². The molecule has 5 nitrogen and oxygen atoms in total. The highest BCUT2D eigenvalue weighted by molar-refractivity contribution is 7.87. The van der Waals surface area contributed by atoms with Gasteiger partial charge in [-0.15, -0.1) is 0 Å². The predicted molar refractivity (Wildman–Crippen MR) is 69.0 cm³/mol. The van der Waals surface area contributed by atoms with E-state index in [1.54, 1.807) is 0 Å². The first-order chi connectivity index (χ1) is 8.56. The molecule has 1 fully saturated rings. The van der Waals surface area contributed by atoms with E-state index in [9.17, 15) is 8.42 Å². The molecule has 2 unspecified atom stereocenters. The van der Waals surface area contributed by atoms with Crippen molar-refractivity contribution in [3.8, 4) is 0 Å². The number of hydrogen-bond acceptors (Lipinski definition) is 3. The van der Waals surface area contributed by atoms with Crippen LogP contribution in [0.15, 0.2) is 24.3 Å². The lowest BCUT2D eigenvalue weighted by atomic mass is 10.0. The van der Waals surface area contributed by atoms with E-state index in [0.29, 0.717) is 13.1 Å². The van der Waals surface area contributed by atoms with Gasteiger partial charge in [0.1, 0.15) is 0 Å². The third-order valence-electron chi connectivity index (χ3n) is 3.58. The van der Waals surface area contributed by atoms with E-state index in [1.807, 2.05) is 18.2 Å². The van der Waals surface area contributed by atoms with Gasteiger partial charge in [-0.3, -0.25) is 0 Å². The van der Waals surface area contributed by atoms with Crippen molar-refractivity contribution in [2.24, 2.45) is 5.73 Å². The maximum Gasteiger partial charge on any atom is 0.280 e. The molecule has 6 heteroatoms. The van der Waals surface area contributed by atoms with Crippen molar-refractivity contribution < 1.29 is 8.42 Å². The largest absolute Gasteiger partial charge is 0.326 e. The van der Waals surface area contributed by atoms with Crippen LogP contribution < -0.4 is 10.5 Å². The maximum atomic E-state index is 12.2. The predicted octanol–water partition coefficient (Wildman–Crippen LogP) is -0.0213. The van der Waals surface area contributed by atoms with Crippen molar-refractivity contribution in [3.63, 3.8) is 0 Å². The van der Waals surface area contributed by atoms with Gasteiger partial charge in [0.2, 0.25) is 0 Å². The Balaban J connectivity index is 1.75. The first-order valence-electron chi connectivity index (χ1n) is 6.16. The molecule has 0 saturated heterocycles. The SMILES string of the molecule is NC1CC1NS(=O)(=O)N1CCc2ccccc2C1. The summed E-state index contributed by atoms with van der Waals surface area (Å²) >= 11 is 0. The molecule has 0 spiro atoms. The van der Waals surface area contributed by atoms with Crippen molar-refractivity contribution >= 4 is 10.2 Å². The van der Waals surface area contributed by atoms with Crippen molar-refractivity contribution in [1.29, 1.82) is 0 Å². The zero-order valence-corrected chi connectivity index (χ0v) is 10.9. The van der Waals surface area contributed by atoms with Crippen LogP contribution in [0.25, 0.3) is 0 Å². The molecule has 3 rings (SSSR count). The molecule has 1 heterocycles. The Labute approximate surface area is 107 Å². The topological polar surface area (TPSA) is 75.4 Å². The van der Waals surface area contributed by atoms with Gasteiger partial charge >= 0.3 is 0 Å². The van der Waals surface area contributed by atoms with E-state index in [4.69, 9.17) is 5.73 Å². The molecule has 1 aromatic carbocycles. The van der Waals surface area contributed by atoms with E-state index in [1.165, 1.54) is 9.87 Å². The zero-order chi connectivity index (χ0) is 12.8. The quantitative estimate of drug-likeness (QED) is 0.808. The minimum Gasteiger partial charge on any atom is -0.326 e. The van der Waals surface area contributed by atoms with Gasteiger partial charge in [-0.25, -0.2) is 0 Å². The molecule has 1 aromatic rings. The minimum atomic E-state index is -3.39. The molecule has 1 aliphatic heterocycles. The van der Waals surface area contributed by atoms with Gasteiger partial charge in [-0.05, 0) is 24.0 Å². The Morgan fingerprint density at radius 2 is 1.94 bits per heavy atom. The molecule has 0 aromatic heterocycles. The Morgan fingerprint density at radius 3 is 2.61 bits per heavy atom. The summed E-state index contributed by atoms with van der Waals surface area (Å²) in [7, 11) is -3.39. The van der Waals surface area contributed by atoms with Gasteiger partial charge in [0.25, 0.3) is 10.2 Å². The smallest absolute Gasteiger partial charge is 0.280 e. The van der Waals surface area contributed by atoms with E-state index >= 15 is 0 Å². The standard InChI is InChI=1S/C12H17N3O2S/c13-11-7-12(11)14-18(16,17)15-6-5-9-3-1-2-4-10(9)8-15/h1-4,11-12,14H,5-8,13H2. The summed E-state index contributed by atoms with van der Waals surface area (Å²) in [4.78, 5) is 0. The number of fused-ring (bicyclic) bond motifs is 1. The van der Waals surface area contributed by atoms with Crippen LogP contribution in [0.1, 0.15) is 17.5 Å². The average molecular weight is 267 g/mol. The van der Waals surface area contributed by atoms with Crippen LogP contribution in [0.3, 0.4) is 0 Å². The number of benzene rings is 1. The molecule has 1 aliphatic carbocycles. The molecule has 18 heavy (non-hydrogen) atoms. The number of rotatable bonds is 3. The fourth-order valence-corrected chi connectivity index (χ4v) is 3.73. The zero-order valence-electron chi connectivity index (χ0n) is 10.0. The lowest BCUT2D eigenvalue weighted by Crippen LogP contribution is -2.45. The number of nitrogens with two attached hydrogens (primary N) is 1. The van der Waals surface area contributed by atoms with E-state index in [-0.39, 0.29) is 12.1 Å². The summed E-state index contributed by atoms with van der Waals surface area (Å²) in [5.41, 5.74) is 7.97. The van der Waals surface area contributed by atoms with E-state index in [2.05, 4.69) is 10.8 Å². The molecule has 0 amide bonds. The molecular formula is C12H17N3O2S. The highest BCUT2D eigenvalue weighted by Gasteiger charge is 2.39. The minimum absolute atomic E-state index is 0.0168. The summed E-state index contributed by atoms with van der Waals surface area (Å²) < 4.78 is 28.5. The maximum absolute atomic E-state index is 12.2. The fourth-order valence-electron chi connectivity index (χ4n) is 2.29. The molecule has 2 aliphatic rings. The summed E-state index contributed by atoms with van der Waals surface area (Å²) in [5, 5.41) is 0. The third kappa shape index (κ3) is 2.29. The van der Waals surface area contributed by atoms with Gasteiger partial charge < -0.3 is 5.73 Å². The Hall–Kier alpha value is -0.950. The van der Waals surface area contributed by atoms with Crippen LogP contribution in [0, 0.1) is 0 Å². The summed E-state index contributed by atoms with van der Waals surface area (Å²) in [6, 6.07) is 7.89.